The van der Waals surface area contributed by atoms with E-state index in [4.69, 9.17) is 0 Å². The van der Waals surface area contributed by atoms with Crippen LogP contribution in [0.5, 0.6) is 0 Å². The van der Waals surface area contributed by atoms with Crippen molar-refractivity contribution in [2.45, 2.75) is 24.1 Å². The fraction of sp³-hybridized carbons (Fsp3) is 0.438. The van der Waals surface area contributed by atoms with Crippen LogP contribution in [-0.4, -0.2) is 39.8 Å². The van der Waals surface area contributed by atoms with Gasteiger partial charge in [0.25, 0.3) is 0 Å². The van der Waals surface area contributed by atoms with Crippen LogP contribution in [0.25, 0.3) is 0 Å². The molecule has 5 nitrogen and oxygen atoms in total. The number of amides is 1. The molecule has 1 aliphatic rings. The normalized spacial score (nSPS) is 17.8. The number of halogens is 1. The van der Waals surface area contributed by atoms with Gasteiger partial charge in [-0.1, -0.05) is 52.0 Å². The number of nitrogens with one attached hydrogen (secondary N) is 1. The fourth-order valence-corrected chi connectivity index (χ4v) is 4.71. The number of piperidine rings is 1. The molecule has 0 radical (unpaired) electrons. The van der Waals surface area contributed by atoms with Crippen molar-refractivity contribution in [1.82, 2.24) is 15.1 Å². The van der Waals surface area contributed by atoms with E-state index < -0.39 is 0 Å². The average Bonchev–Trinajstić information content (AvgIpc) is 3.00. The Kier molecular flexibility index (Phi) is 6.13. The van der Waals surface area contributed by atoms with E-state index in [-0.39, 0.29) is 5.91 Å². The summed E-state index contributed by atoms with van der Waals surface area (Å²) in [6, 6.07) is 7.89. The minimum absolute atomic E-state index is 0.197. The number of hydrogen-bond acceptors (Lipinski definition) is 6. The van der Waals surface area contributed by atoms with E-state index in [2.05, 4.69) is 38.4 Å². The smallest absolute Gasteiger partial charge is 0.233 e. The molecule has 3 rings (SSSR count). The SMILES string of the molecule is CC1CCCN(C(=O)CSc2nnc(Nc3cccc(Br)c3)s2)C1. The summed E-state index contributed by atoms with van der Waals surface area (Å²) in [6.07, 6.45) is 2.33. The van der Waals surface area contributed by atoms with Crippen LogP contribution in [0.15, 0.2) is 33.1 Å². The number of hydrogen-bond donors (Lipinski definition) is 1. The highest BCUT2D eigenvalue weighted by atomic mass is 79.9. The maximum Gasteiger partial charge on any atom is 0.233 e. The number of thioether (sulfide) groups is 1. The topological polar surface area (TPSA) is 58.1 Å². The van der Waals surface area contributed by atoms with Gasteiger partial charge in [-0.3, -0.25) is 4.79 Å². The van der Waals surface area contributed by atoms with Gasteiger partial charge in [0, 0.05) is 23.2 Å². The van der Waals surface area contributed by atoms with Crippen LogP contribution in [0, 0.1) is 5.92 Å². The lowest BCUT2D eigenvalue weighted by atomic mass is 10.0. The fourth-order valence-electron chi connectivity index (χ4n) is 2.64. The number of anilines is 2. The molecule has 0 spiro atoms. The second kappa shape index (κ2) is 8.31. The van der Waals surface area contributed by atoms with Crippen LogP contribution in [0.4, 0.5) is 10.8 Å². The number of aromatic nitrogens is 2. The first-order valence-electron chi connectivity index (χ1n) is 7.87. The Balaban J connectivity index is 1.51. The highest BCUT2D eigenvalue weighted by Crippen LogP contribution is 2.29. The van der Waals surface area contributed by atoms with Crippen molar-refractivity contribution in [1.29, 1.82) is 0 Å². The zero-order valence-corrected chi connectivity index (χ0v) is 16.6. The predicted molar refractivity (Wildman–Crippen MR) is 103 cm³/mol. The van der Waals surface area contributed by atoms with Crippen LogP contribution in [0.1, 0.15) is 19.8 Å². The van der Waals surface area contributed by atoms with Crippen LogP contribution in [0.3, 0.4) is 0 Å². The Morgan fingerprint density at radius 1 is 1.50 bits per heavy atom. The van der Waals surface area contributed by atoms with Crippen molar-refractivity contribution in [3.63, 3.8) is 0 Å². The first-order chi connectivity index (χ1) is 11.6. The molecule has 1 aliphatic heterocycles. The number of carbonyl (C=O) groups is 1. The highest BCUT2D eigenvalue weighted by molar-refractivity contribution is 9.10. The van der Waals surface area contributed by atoms with Crippen molar-refractivity contribution < 1.29 is 4.79 Å². The Morgan fingerprint density at radius 2 is 2.38 bits per heavy atom. The maximum absolute atomic E-state index is 12.3. The Labute approximate surface area is 158 Å². The molecule has 1 aromatic carbocycles. The standard InChI is InChI=1S/C16H19BrN4OS2/c1-11-4-3-7-21(9-11)14(22)10-23-16-20-19-15(24-16)18-13-6-2-5-12(17)8-13/h2,5-6,8,11H,3-4,7,9-10H2,1H3,(H,18,19). The number of nitrogens with zero attached hydrogens (tertiary/aromatic N) is 3. The van der Waals surface area contributed by atoms with E-state index in [1.165, 1.54) is 29.5 Å². The molecule has 1 saturated heterocycles. The number of carbonyl (C=O) groups excluding carboxylic acids is 1. The average molecular weight is 427 g/mol. The van der Waals surface area contributed by atoms with E-state index in [9.17, 15) is 4.79 Å². The molecule has 1 fully saturated rings. The summed E-state index contributed by atoms with van der Waals surface area (Å²) < 4.78 is 1.82. The summed E-state index contributed by atoms with van der Waals surface area (Å²) in [4.78, 5) is 14.3. The van der Waals surface area contributed by atoms with Crippen molar-refractivity contribution >= 4 is 55.8 Å². The molecule has 1 atom stereocenters. The predicted octanol–water partition coefficient (Wildman–Crippen LogP) is 4.39. The van der Waals surface area contributed by atoms with E-state index in [0.717, 1.165) is 39.1 Å². The molecule has 8 heteroatoms. The third kappa shape index (κ3) is 4.94. The van der Waals surface area contributed by atoms with E-state index in [1.54, 1.807) is 0 Å². The van der Waals surface area contributed by atoms with Gasteiger partial charge in [0.2, 0.25) is 11.0 Å². The van der Waals surface area contributed by atoms with Crippen molar-refractivity contribution in [2.24, 2.45) is 5.92 Å². The highest BCUT2D eigenvalue weighted by Gasteiger charge is 2.21. The first kappa shape index (κ1) is 17.7. The molecule has 2 heterocycles. The van der Waals surface area contributed by atoms with Gasteiger partial charge >= 0.3 is 0 Å². The molecular weight excluding hydrogens is 408 g/mol. The number of rotatable bonds is 5. The summed E-state index contributed by atoms with van der Waals surface area (Å²) in [7, 11) is 0. The molecule has 0 saturated carbocycles. The summed E-state index contributed by atoms with van der Waals surface area (Å²) >= 11 is 6.37. The molecule has 1 aromatic heterocycles. The molecule has 1 unspecified atom stereocenters. The second-order valence-electron chi connectivity index (χ2n) is 5.88. The third-order valence-corrected chi connectivity index (χ3v) is 6.26. The van der Waals surface area contributed by atoms with Gasteiger partial charge < -0.3 is 10.2 Å². The van der Waals surface area contributed by atoms with Crippen molar-refractivity contribution in [3.05, 3.63) is 28.7 Å². The third-order valence-electron chi connectivity index (χ3n) is 3.81. The molecule has 24 heavy (non-hydrogen) atoms. The Bertz CT molecular complexity index is 709. The molecule has 1 N–H and O–H groups in total. The van der Waals surface area contributed by atoms with Crippen molar-refractivity contribution in [3.8, 4) is 0 Å². The van der Waals surface area contributed by atoms with Gasteiger partial charge in [0.05, 0.1) is 5.75 Å². The zero-order valence-electron chi connectivity index (χ0n) is 13.4. The quantitative estimate of drug-likeness (QED) is 0.717. The summed E-state index contributed by atoms with van der Waals surface area (Å²) in [6.45, 7) is 3.97. The van der Waals surface area contributed by atoms with Crippen molar-refractivity contribution in [2.75, 3.05) is 24.2 Å². The monoisotopic (exact) mass is 426 g/mol. The van der Waals surface area contributed by atoms with Gasteiger partial charge in [0.15, 0.2) is 4.34 Å². The largest absolute Gasteiger partial charge is 0.342 e. The van der Waals surface area contributed by atoms with E-state index in [0.29, 0.717) is 11.7 Å². The number of benzene rings is 1. The second-order valence-corrected chi connectivity index (χ2v) is 9.00. The van der Waals surface area contributed by atoms with Gasteiger partial charge in [0.1, 0.15) is 0 Å². The lowest BCUT2D eigenvalue weighted by molar-refractivity contribution is -0.130. The summed E-state index contributed by atoms with van der Waals surface area (Å²) in [5, 5.41) is 12.3. The summed E-state index contributed by atoms with van der Waals surface area (Å²) in [5.74, 6) is 1.23. The minimum atomic E-state index is 0.197. The minimum Gasteiger partial charge on any atom is -0.342 e. The van der Waals surface area contributed by atoms with Crippen LogP contribution in [-0.2, 0) is 4.79 Å². The van der Waals surface area contributed by atoms with Crippen LogP contribution >= 0.6 is 39.0 Å². The van der Waals surface area contributed by atoms with E-state index in [1.807, 2.05) is 29.2 Å². The maximum atomic E-state index is 12.3. The number of likely N-dealkylation sites (tertiary alicyclic amines) is 1. The van der Waals surface area contributed by atoms with Gasteiger partial charge in [-0.05, 0) is 37.0 Å². The van der Waals surface area contributed by atoms with E-state index >= 15 is 0 Å². The first-order valence-corrected chi connectivity index (χ1v) is 10.5. The van der Waals surface area contributed by atoms with Gasteiger partial charge in [-0.15, -0.1) is 10.2 Å². The summed E-state index contributed by atoms with van der Waals surface area (Å²) in [5.41, 5.74) is 0.954. The molecule has 128 valence electrons. The Morgan fingerprint density at radius 3 is 3.17 bits per heavy atom. The van der Waals surface area contributed by atoms with Crippen LogP contribution < -0.4 is 5.32 Å². The lowest BCUT2D eigenvalue weighted by Crippen LogP contribution is -2.40. The van der Waals surface area contributed by atoms with Gasteiger partial charge in [-0.2, -0.15) is 0 Å². The van der Waals surface area contributed by atoms with Crippen LogP contribution in [0.2, 0.25) is 0 Å². The molecule has 0 bridgehead atoms. The molecular formula is C16H19BrN4OS2. The molecule has 1 amide bonds. The lowest BCUT2D eigenvalue weighted by Gasteiger charge is -2.30. The molecule has 0 aliphatic carbocycles. The zero-order chi connectivity index (χ0) is 16.9. The Hall–Kier alpha value is -1.12. The molecule has 2 aromatic rings. The van der Waals surface area contributed by atoms with Gasteiger partial charge in [-0.25, -0.2) is 0 Å².